The second kappa shape index (κ2) is 3.06. The highest BCUT2D eigenvalue weighted by Gasteiger charge is 2.28. The van der Waals surface area contributed by atoms with Crippen LogP contribution in [0.4, 0.5) is 0 Å². The molecule has 0 fully saturated rings. The molecule has 0 aromatic heterocycles. The zero-order valence-corrected chi connectivity index (χ0v) is 9.52. The Balaban J connectivity index is 2.61. The SMILES string of the molecule is Cc1ccc2c(c1)C=CC(C)(C)S2=O. The van der Waals surface area contributed by atoms with E-state index in [2.05, 4.69) is 19.1 Å². The quantitative estimate of drug-likeness (QED) is 0.638. The van der Waals surface area contributed by atoms with Gasteiger partial charge < -0.3 is 0 Å². The van der Waals surface area contributed by atoms with Crippen molar-refractivity contribution in [1.29, 1.82) is 0 Å². The molecule has 1 nitrogen and oxygen atoms in total. The highest BCUT2D eigenvalue weighted by molar-refractivity contribution is 7.86. The van der Waals surface area contributed by atoms with Gasteiger partial charge in [-0.15, -0.1) is 0 Å². The molecule has 0 aliphatic carbocycles. The highest BCUT2D eigenvalue weighted by Crippen LogP contribution is 2.31. The smallest absolute Gasteiger partial charge is 0.0632 e. The van der Waals surface area contributed by atoms with Gasteiger partial charge in [-0.1, -0.05) is 29.8 Å². The van der Waals surface area contributed by atoms with Crippen molar-refractivity contribution in [3.05, 3.63) is 35.4 Å². The Morgan fingerprint density at radius 3 is 2.71 bits per heavy atom. The number of rotatable bonds is 0. The first-order valence-electron chi connectivity index (χ1n) is 4.72. The standard InChI is InChI=1S/C12H14OS/c1-9-4-5-11-10(8-9)6-7-12(2,3)14(11)13/h4-8H,1-3H3. The van der Waals surface area contributed by atoms with E-state index < -0.39 is 10.8 Å². The van der Waals surface area contributed by atoms with Crippen LogP contribution in [0.1, 0.15) is 25.0 Å². The van der Waals surface area contributed by atoms with Gasteiger partial charge >= 0.3 is 0 Å². The van der Waals surface area contributed by atoms with Gasteiger partial charge in [0.05, 0.1) is 15.5 Å². The molecule has 1 unspecified atom stereocenters. The van der Waals surface area contributed by atoms with Gasteiger partial charge in [-0.2, -0.15) is 0 Å². The lowest BCUT2D eigenvalue weighted by molar-refractivity contribution is 0.662. The molecule has 0 radical (unpaired) electrons. The van der Waals surface area contributed by atoms with Crippen molar-refractivity contribution >= 4 is 16.9 Å². The number of aryl methyl sites for hydroxylation is 1. The number of hydrogen-bond acceptors (Lipinski definition) is 1. The molecule has 2 heteroatoms. The first-order chi connectivity index (χ1) is 6.50. The maximum atomic E-state index is 12.1. The summed E-state index contributed by atoms with van der Waals surface area (Å²) in [6, 6.07) is 6.08. The van der Waals surface area contributed by atoms with E-state index in [1.165, 1.54) is 5.56 Å². The molecule has 0 saturated heterocycles. The monoisotopic (exact) mass is 206 g/mol. The average molecular weight is 206 g/mol. The van der Waals surface area contributed by atoms with Gasteiger partial charge in [0.1, 0.15) is 0 Å². The summed E-state index contributed by atoms with van der Waals surface area (Å²) in [5, 5.41) is 0. The molecule has 0 amide bonds. The molecule has 0 bridgehead atoms. The Hall–Kier alpha value is -0.890. The Labute approximate surface area is 87.3 Å². The van der Waals surface area contributed by atoms with Crippen molar-refractivity contribution < 1.29 is 4.21 Å². The second-order valence-electron chi connectivity index (χ2n) is 4.25. The largest absolute Gasteiger partial charge is 0.253 e. The van der Waals surface area contributed by atoms with Gasteiger partial charge in [0.25, 0.3) is 0 Å². The zero-order chi connectivity index (χ0) is 10.3. The van der Waals surface area contributed by atoms with Crippen LogP contribution >= 0.6 is 0 Å². The Bertz CT molecular complexity index is 430. The van der Waals surface area contributed by atoms with Crippen LogP contribution in [0.3, 0.4) is 0 Å². The topological polar surface area (TPSA) is 17.1 Å². The third-order valence-corrected chi connectivity index (χ3v) is 4.37. The van der Waals surface area contributed by atoms with E-state index >= 15 is 0 Å². The molecular formula is C12H14OS. The van der Waals surface area contributed by atoms with E-state index in [-0.39, 0.29) is 4.75 Å². The van der Waals surface area contributed by atoms with Crippen molar-refractivity contribution in [3.8, 4) is 0 Å². The fraction of sp³-hybridized carbons (Fsp3) is 0.333. The van der Waals surface area contributed by atoms with E-state index in [1.54, 1.807) is 0 Å². The van der Waals surface area contributed by atoms with E-state index in [4.69, 9.17) is 0 Å². The molecule has 1 atom stereocenters. The van der Waals surface area contributed by atoms with Crippen LogP contribution in [0.15, 0.2) is 29.2 Å². The van der Waals surface area contributed by atoms with E-state index in [1.807, 2.05) is 32.1 Å². The van der Waals surface area contributed by atoms with Gasteiger partial charge in [-0.05, 0) is 32.4 Å². The third kappa shape index (κ3) is 1.44. The number of hydrogen-bond donors (Lipinski definition) is 0. The summed E-state index contributed by atoms with van der Waals surface area (Å²) in [5.74, 6) is 0. The predicted octanol–water partition coefficient (Wildman–Crippen LogP) is 2.91. The van der Waals surface area contributed by atoms with Gasteiger partial charge in [0.2, 0.25) is 0 Å². The van der Waals surface area contributed by atoms with Gasteiger partial charge in [0, 0.05) is 4.90 Å². The third-order valence-electron chi connectivity index (χ3n) is 2.51. The molecule has 0 spiro atoms. The Kier molecular flexibility index (Phi) is 2.11. The van der Waals surface area contributed by atoms with E-state index in [0.29, 0.717) is 0 Å². The van der Waals surface area contributed by atoms with E-state index in [9.17, 15) is 4.21 Å². The lowest BCUT2D eigenvalue weighted by Crippen LogP contribution is -2.26. The first kappa shape index (κ1) is 9.66. The van der Waals surface area contributed by atoms with Crippen LogP contribution in [0.2, 0.25) is 0 Å². The molecule has 0 N–H and O–H groups in total. The predicted molar refractivity (Wildman–Crippen MR) is 60.7 cm³/mol. The average Bonchev–Trinajstić information content (AvgIpc) is 2.12. The molecule has 14 heavy (non-hydrogen) atoms. The number of benzene rings is 1. The fourth-order valence-corrected chi connectivity index (χ4v) is 2.89. The minimum atomic E-state index is -0.921. The lowest BCUT2D eigenvalue weighted by Gasteiger charge is -2.25. The molecule has 1 heterocycles. The van der Waals surface area contributed by atoms with Gasteiger partial charge in [-0.3, -0.25) is 4.21 Å². The fourth-order valence-electron chi connectivity index (χ4n) is 1.60. The maximum Gasteiger partial charge on any atom is 0.0632 e. The summed E-state index contributed by atoms with van der Waals surface area (Å²) in [4.78, 5) is 0.961. The van der Waals surface area contributed by atoms with Crippen molar-refractivity contribution in [2.75, 3.05) is 0 Å². The van der Waals surface area contributed by atoms with Crippen molar-refractivity contribution in [2.45, 2.75) is 30.4 Å². The minimum absolute atomic E-state index is 0.234. The summed E-state index contributed by atoms with van der Waals surface area (Å²) in [5.41, 5.74) is 2.31. The Morgan fingerprint density at radius 1 is 1.29 bits per heavy atom. The molecular weight excluding hydrogens is 192 g/mol. The summed E-state index contributed by atoms with van der Waals surface area (Å²) >= 11 is 0. The van der Waals surface area contributed by atoms with Gasteiger partial charge in [0.15, 0.2) is 0 Å². The molecule has 1 aliphatic rings. The highest BCUT2D eigenvalue weighted by atomic mass is 32.2. The number of fused-ring (bicyclic) bond motifs is 1. The van der Waals surface area contributed by atoms with Crippen LogP contribution in [0.5, 0.6) is 0 Å². The Morgan fingerprint density at radius 2 is 2.00 bits per heavy atom. The lowest BCUT2D eigenvalue weighted by atomic mass is 10.1. The van der Waals surface area contributed by atoms with Crippen molar-refractivity contribution in [1.82, 2.24) is 0 Å². The zero-order valence-electron chi connectivity index (χ0n) is 8.70. The molecule has 0 saturated carbocycles. The molecule has 1 aromatic rings. The van der Waals surface area contributed by atoms with Crippen LogP contribution in [0, 0.1) is 6.92 Å². The van der Waals surface area contributed by atoms with Crippen LogP contribution in [0.25, 0.3) is 6.08 Å². The molecule has 1 aliphatic heterocycles. The molecule has 2 rings (SSSR count). The minimum Gasteiger partial charge on any atom is -0.253 e. The normalized spacial score (nSPS) is 23.2. The van der Waals surface area contributed by atoms with Crippen molar-refractivity contribution in [3.63, 3.8) is 0 Å². The van der Waals surface area contributed by atoms with Crippen molar-refractivity contribution in [2.24, 2.45) is 0 Å². The summed E-state index contributed by atoms with van der Waals surface area (Å²) in [6.07, 6.45) is 4.11. The summed E-state index contributed by atoms with van der Waals surface area (Å²) in [7, 11) is -0.921. The van der Waals surface area contributed by atoms with Crippen LogP contribution in [-0.2, 0) is 10.8 Å². The molecule has 74 valence electrons. The summed E-state index contributed by atoms with van der Waals surface area (Å²) in [6.45, 7) is 6.06. The first-order valence-corrected chi connectivity index (χ1v) is 5.87. The van der Waals surface area contributed by atoms with Gasteiger partial charge in [-0.25, -0.2) is 0 Å². The summed E-state index contributed by atoms with van der Waals surface area (Å²) < 4.78 is 11.9. The van der Waals surface area contributed by atoms with E-state index in [0.717, 1.165) is 10.5 Å². The van der Waals surface area contributed by atoms with Crippen LogP contribution in [-0.4, -0.2) is 8.96 Å². The second-order valence-corrected chi connectivity index (χ2v) is 6.28. The maximum absolute atomic E-state index is 12.1. The molecule has 1 aromatic carbocycles. The van der Waals surface area contributed by atoms with Crippen LogP contribution < -0.4 is 0 Å².